The summed E-state index contributed by atoms with van der Waals surface area (Å²) >= 11 is 0. The number of Topliss-reactive ketones (excluding diaryl/α,β-unsaturated/α-hetero) is 1. The molecule has 0 spiro atoms. The van der Waals surface area contributed by atoms with Gasteiger partial charge >= 0.3 is 18.1 Å². The molecule has 2 aromatic heterocycles. The third kappa shape index (κ3) is 18.3. The molecule has 8 amide bonds. The average molecular weight is 1090 g/mol. The first-order chi connectivity index (χ1) is 37.9. The zero-order valence-corrected chi connectivity index (χ0v) is 43.9. The van der Waals surface area contributed by atoms with E-state index in [1.807, 2.05) is 0 Å². The summed E-state index contributed by atoms with van der Waals surface area (Å²) in [6.07, 6.45) is 7.91. The predicted molar refractivity (Wildman–Crippen MR) is 288 cm³/mol. The van der Waals surface area contributed by atoms with E-state index in [0.717, 1.165) is 10.6 Å². The molecule has 0 unspecified atom stereocenters. The number of rotatable bonds is 29. The number of morpholine rings is 1. The molecule has 10 N–H and O–H groups in total. The third-order valence-electron chi connectivity index (χ3n) is 12.8. The van der Waals surface area contributed by atoms with Crippen molar-refractivity contribution in [1.82, 2.24) is 35.8 Å². The second-order valence-corrected chi connectivity index (χ2v) is 19.0. The lowest BCUT2D eigenvalue weighted by Gasteiger charge is -2.30. The summed E-state index contributed by atoms with van der Waals surface area (Å²) in [5, 5.41) is 23.1. The number of primary amides is 1. The Kier molecular flexibility index (Phi) is 22.1. The number of carbonyl (C=O) groups excluding carboxylic acids is 8. The van der Waals surface area contributed by atoms with Gasteiger partial charge < -0.3 is 62.3 Å². The minimum atomic E-state index is -1.36. The van der Waals surface area contributed by atoms with Crippen molar-refractivity contribution in [3.8, 4) is 17.0 Å². The molecule has 0 aliphatic carbocycles. The quantitative estimate of drug-likeness (QED) is 0.0282. The summed E-state index contributed by atoms with van der Waals surface area (Å²) in [6.45, 7) is 6.03. The molecule has 4 aromatic rings. The number of unbranched alkanes of at least 4 members (excludes halogenated alkanes) is 2. The number of pyridine rings is 1. The first-order valence-electron chi connectivity index (χ1n) is 25.8. The largest absolute Gasteiger partial charge is 0.494 e. The number of carboxylic acids is 1. The smallest absolute Gasteiger partial charge is 0.408 e. The van der Waals surface area contributed by atoms with E-state index in [0.29, 0.717) is 85.9 Å². The van der Waals surface area contributed by atoms with Crippen LogP contribution in [0.5, 0.6) is 5.75 Å². The van der Waals surface area contributed by atoms with Gasteiger partial charge in [0.2, 0.25) is 11.8 Å². The molecule has 25 nitrogen and oxygen atoms in total. The van der Waals surface area contributed by atoms with Crippen LogP contribution < -0.4 is 47.7 Å². The number of amides is 8. The molecular formula is C54H66N12O13. The zero-order chi connectivity index (χ0) is 56.8. The molecule has 2 aromatic carbocycles. The van der Waals surface area contributed by atoms with Gasteiger partial charge in [-0.2, -0.15) is 0 Å². The molecule has 0 radical (unpaired) electrons. The lowest BCUT2D eigenvalue weighted by Crippen LogP contribution is -2.45. The van der Waals surface area contributed by atoms with E-state index >= 15 is 0 Å². The first kappa shape index (κ1) is 59.2. The third-order valence-corrected chi connectivity index (χ3v) is 12.8. The summed E-state index contributed by atoms with van der Waals surface area (Å²) in [4.78, 5) is 129. The number of alkyl carbamates (subject to hydrolysis) is 1. The fourth-order valence-electron chi connectivity index (χ4n) is 8.49. The van der Waals surface area contributed by atoms with Crippen LogP contribution in [0.1, 0.15) is 81.3 Å². The lowest BCUT2D eigenvalue weighted by atomic mass is 9.89. The number of urea groups is 1. The van der Waals surface area contributed by atoms with Crippen molar-refractivity contribution < 1.29 is 62.5 Å². The van der Waals surface area contributed by atoms with Crippen LogP contribution in [0, 0.1) is 11.8 Å². The van der Waals surface area contributed by atoms with Gasteiger partial charge in [0.25, 0.3) is 17.7 Å². The maximum Gasteiger partial charge on any atom is 0.408 e. The second-order valence-electron chi connectivity index (χ2n) is 19.0. The fraction of sp³-hybridized carbons (Fsp3) is 0.407. The minimum absolute atomic E-state index is 0.0676. The van der Waals surface area contributed by atoms with Gasteiger partial charge in [-0.15, -0.1) is 0 Å². The van der Waals surface area contributed by atoms with E-state index in [2.05, 4.69) is 46.4 Å². The number of benzene rings is 2. The molecule has 2 aliphatic heterocycles. The van der Waals surface area contributed by atoms with E-state index in [1.165, 1.54) is 18.3 Å². The van der Waals surface area contributed by atoms with Gasteiger partial charge in [0.05, 0.1) is 55.3 Å². The van der Waals surface area contributed by atoms with Crippen LogP contribution in [0.15, 0.2) is 85.3 Å². The number of imide groups is 1. The molecule has 420 valence electrons. The number of nitrogens with zero attached hydrogens (tertiary/aromatic N) is 5. The maximum absolute atomic E-state index is 13.7. The monoisotopic (exact) mass is 1090 g/mol. The molecule has 4 heterocycles. The van der Waals surface area contributed by atoms with E-state index in [-0.39, 0.29) is 92.9 Å². The number of nitrogens with two attached hydrogens (primary N) is 2. The normalized spacial score (nSPS) is 14.2. The summed E-state index contributed by atoms with van der Waals surface area (Å²) in [7, 11) is 0. The molecule has 3 atom stereocenters. The van der Waals surface area contributed by atoms with Gasteiger partial charge in [-0.25, -0.2) is 24.4 Å². The number of carboxylic acid groups (broad SMARTS) is 1. The topological polar surface area (TPSA) is 359 Å². The Bertz CT molecular complexity index is 2820. The number of hydrogen-bond donors (Lipinski definition) is 8. The molecule has 6 rings (SSSR count). The molecule has 0 saturated carbocycles. The van der Waals surface area contributed by atoms with Gasteiger partial charge in [0, 0.05) is 81.0 Å². The van der Waals surface area contributed by atoms with Crippen molar-refractivity contribution >= 4 is 76.3 Å². The van der Waals surface area contributed by atoms with Gasteiger partial charge in [-0.05, 0) is 79.6 Å². The number of aromatic nitrogens is 3. The van der Waals surface area contributed by atoms with Crippen molar-refractivity contribution in [1.29, 1.82) is 0 Å². The highest BCUT2D eigenvalue weighted by Gasteiger charge is 2.30. The van der Waals surface area contributed by atoms with Crippen LogP contribution in [0.4, 0.5) is 32.5 Å². The van der Waals surface area contributed by atoms with Crippen LogP contribution >= 0.6 is 0 Å². The summed E-state index contributed by atoms with van der Waals surface area (Å²) < 4.78 is 16.5. The van der Waals surface area contributed by atoms with Crippen molar-refractivity contribution in [2.24, 2.45) is 17.6 Å². The number of hydrogen-bond acceptors (Lipinski definition) is 17. The van der Waals surface area contributed by atoms with Gasteiger partial charge in [-0.1, -0.05) is 32.4 Å². The van der Waals surface area contributed by atoms with Crippen LogP contribution in [-0.4, -0.2) is 136 Å². The lowest BCUT2D eigenvalue weighted by molar-refractivity contribution is -0.140. The van der Waals surface area contributed by atoms with Crippen molar-refractivity contribution in [2.75, 3.05) is 67.3 Å². The first-order valence-corrected chi connectivity index (χ1v) is 25.8. The molecule has 2 aliphatic rings. The number of anilines is 4. The highest BCUT2D eigenvalue weighted by Crippen LogP contribution is 2.28. The molecule has 25 heteroatoms. The molecule has 0 bridgehead atoms. The van der Waals surface area contributed by atoms with Crippen molar-refractivity contribution in [3.63, 3.8) is 0 Å². The summed E-state index contributed by atoms with van der Waals surface area (Å²) in [5.74, 6) is -4.65. The standard InChI is InChI=1S/C54H66N12O13/c1-33(2)47(64-44(68)8-4-3-5-23-66-45(69)17-18-46(66)70)43(67)29-36(7-6-21-58-53(56)75)50(71)60-37-13-9-34(10-14-37)32-79-54(76)63-39(52(73)74)20-26-78-38-15-11-35(12-16-38)40-31-59-49(55)48(61-40)51(72)62-41-30-57-22-19-42(41)65-24-27-77-28-25-65/h9-19,22,30-31,33,36,39,47H,3-8,20-21,23-29,32H2,1-2H3,(H2,55,59)(H,60,71)(H,62,72)(H,63,76)(H,64,68)(H,73,74)(H3,56,58,75)/t36-,39-,47+/m1/s1. The van der Waals surface area contributed by atoms with Gasteiger partial charge in [-0.3, -0.25) is 38.7 Å². The van der Waals surface area contributed by atoms with Gasteiger partial charge in [0.15, 0.2) is 17.3 Å². The number of carbonyl (C=O) groups is 9. The molecular weight excluding hydrogens is 1020 g/mol. The average Bonchev–Trinajstić information content (AvgIpc) is 3.76. The number of nitrogen functional groups attached to an aromatic ring is 1. The zero-order valence-electron chi connectivity index (χ0n) is 43.9. The Morgan fingerprint density at radius 2 is 1.57 bits per heavy atom. The van der Waals surface area contributed by atoms with Crippen LogP contribution in [-0.2, 0) is 44.8 Å². The van der Waals surface area contributed by atoms with E-state index in [4.69, 9.17) is 25.7 Å². The Morgan fingerprint density at radius 1 is 0.848 bits per heavy atom. The van der Waals surface area contributed by atoms with E-state index < -0.39 is 47.9 Å². The number of ketones is 1. The minimum Gasteiger partial charge on any atom is -0.494 e. The van der Waals surface area contributed by atoms with Crippen molar-refractivity contribution in [2.45, 2.75) is 83.9 Å². The van der Waals surface area contributed by atoms with E-state index in [9.17, 15) is 48.3 Å². The second kappa shape index (κ2) is 29.5. The summed E-state index contributed by atoms with van der Waals surface area (Å²) in [6, 6.07) is 11.7. The van der Waals surface area contributed by atoms with Crippen LogP contribution in [0.25, 0.3) is 11.3 Å². The Hall–Kier alpha value is -9.00. The number of nitrogens with one attached hydrogen (secondary N) is 5. The highest BCUT2D eigenvalue weighted by atomic mass is 16.5. The Labute approximate surface area is 455 Å². The highest BCUT2D eigenvalue weighted by molar-refractivity contribution is 6.13. The SMILES string of the molecule is CC(C)[C@H](NC(=O)CCCCCN1C(=O)C=CC1=O)C(=O)C[C@@H](CCCNC(N)=O)C(=O)Nc1ccc(COC(=O)N[C@H](CCOc2ccc(-c3cnc(N)c(C(=O)Nc4cnccc4N4CCOCC4)n3)cc2)C(=O)O)cc1. The van der Waals surface area contributed by atoms with E-state index in [1.54, 1.807) is 80.8 Å². The van der Waals surface area contributed by atoms with Crippen LogP contribution in [0.3, 0.4) is 0 Å². The Balaban J connectivity index is 0.941. The van der Waals surface area contributed by atoms with Gasteiger partial charge in [0.1, 0.15) is 18.4 Å². The molecule has 79 heavy (non-hydrogen) atoms. The number of aliphatic carboxylic acids is 1. The maximum atomic E-state index is 13.7. The molecule has 1 fully saturated rings. The Morgan fingerprint density at radius 3 is 2.25 bits per heavy atom. The number of ether oxygens (including phenoxy) is 3. The summed E-state index contributed by atoms with van der Waals surface area (Å²) in [5.41, 5.74) is 14.3. The predicted octanol–water partition coefficient (Wildman–Crippen LogP) is 3.95. The fourth-order valence-corrected chi connectivity index (χ4v) is 8.49. The van der Waals surface area contributed by atoms with Crippen molar-refractivity contribution in [3.05, 3.63) is 96.6 Å². The molecule has 1 saturated heterocycles. The van der Waals surface area contributed by atoms with Crippen LogP contribution in [0.2, 0.25) is 0 Å².